The molecule has 1 atom stereocenters. The Morgan fingerprint density at radius 1 is 0.917 bits per heavy atom. The summed E-state index contributed by atoms with van der Waals surface area (Å²) in [7, 11) is 2.00. The van der Waals surface area contributed by atoms with E-state index in [1.165, 1.54) is 16.7 Å². The number of carbonyl (C=O) groups excluding carboxylic acids is 1. The fourth-order valence-electron chi connectivity index (χ4n) is 3.95. The average molecular weight is 500 g/mol. The number of aryl methyl sites for hydroxylation is 1. The Balaban J connectivity index is 0.000000275. The van der Waals surface area contributed by atoms with E-state index in [2.05, 4.69) is 60.7 Å². The summed E-state index contributed by atoms with van der Waals surface area (Å²) in [5.74, 6) is 0.797. The predicted octanol–water partition coefficient (Wildman–Crippen LogP) is 7.80. The van der Waals surface area contributed by atoms with Crippen LogP contribution in [0.4, 0.5) is 5.82 Å². The van der Waals surface area contributed by atoms with Gasteiger partial charge < -0.3 is 10.6 Å². The van der Waals surface area contributed by atoms with Crippen molar-refractivity contribution < 1.29 is 4.79 Å². The van der Waals surface area contributed by atoms with E-state index in [4.69, 9.17) is 11.6 Å². The third-order valence-electron chi connectivity index (χ3n) is 6.36. The molecule has 186 valence electrons. The zero-order valence-electron chi connectivity index (χ0n) is 21.4. The van der Waals surface area contributed by atoms with E-state index in [0.717, 1.165) is 40.2 Å². The number of halogens is 1. The van der Waals surface area contributed by atoms with Gasteiger partial charge in [0.1, 0.15) is 12.1 Å². The van der Waals surface area contributed by atoms with Crippen LogP contribution in [0, 0.1) is 13.8 Å². The Hall–Kier alpha value is -3.47. The molecule has 4 rings (SSSR count). The number of hydrogen-bond donors (Lipinski definition) is 2. The number of pyridine rings is 1. The highest BCUT2D eigenvalue weighted by Gasteiger charge is 2.07. The monoisotopic (exact) mass is 499 g/mol. The summed E-state index contributed by atoms with van der Waals surface area (Å²) < 4.78 is 0. The van der Waals surface area contributed by atoms with E-state index in [9.17, 15) is 4.79 Å². The fraction of sp³-hybridized carbons (Fsp3) is 0.226. The summed E-state index contributed by atoms with van der Waals surface area (Å²) in [6, 6.07) is 26.4. The molecule has 3 aromatic carbocycles. The van der Waals surface area contributed by atoms with Crippen LogP contribution >= 0.6 is 11.6 Å². The van der Waals surface area contributed by atoms with Gasteiger partial charge in [-0.25, -0.2) is 4.98 Å². The van der Waals surface area contributed by atoms with Gasteiger partial charge in [0, 0.05) is 34.9 Å². The van der Waals surface area contributed by atoms with Crippen LogP contribution in [0.5, 0.6) is 0 Å². The topological polar surface area (TPSA) is 54.0 Å². The smallest absolute Gasteiger partial charge is 0.150 e. The summed E-state index contributed by atoms with van der Waals surface area (Å²) in [6.07, 6.45) is 3.80. The number of anilines is 1. The van der Waals surface area contributed by atoms with E-state index in [1.54, 1.807) is 12.1 Å². The predicted molar refractivity (Wildman–Crippen MR) is 152 cm³/mol. The summed E-state index contributed by atoms with van der Waals surface area (Å²) in [5.41, 5.74) is 7.60. The van der Waals surface area contributed by atoms with Crippen LogP contribution < -0.4 is 10.6 Å². The molecule has 0 saturated heterocycles. The van der Waals surface area contributed by atoms with Crippen LogP contribution in [0.2, 0.25) is 5.02 Å². The lowest BCUT2D eigenvalue weighted by Gasteiger charge is -2.13. The molecule has 0 aliphatic heterocycles. The van der Waals surface area contributed by atoms with E-state index in [0.29, 0.717) is 18.2 Å². The van der Waals surface area contributed by atoms with Crippen molar-refractivity contribution in [3.63, 3.8) is 0 Å². The van der Waals surface area contributed by atoms with Crippen molar-refractivity contribution in [1.29, 1.82) is 0 Å². The van der Waals surface area contributed by atoms with Gasteiger partial charge in [-0.05, 0) is 73.3 Å². The molecular formula is C31H34ClN3O. The second-order valence-corrected chi connectivity index (χ2v) is 9.06. The number of rotatable bonds is 8. The first-order valence-corrected chi connectivity index (χ1v) is 12.6. The van der Waals surface area contributed by atoms with Gasteiger partial charge in [-0.15, -0.1) is 0 Å². The Labute approximate surface area is 219 Å². The lowest BCUT2D eigenvalue weighted by atomic mass is 10.0. The molecule has 0 aliphatic carbocycles. The molecule has 4 nitrogen and oxygen atoms in total. The van der Waals surface area contributed by atoms with Crippen molar-refractivity contribution in [3.05, 3.63) is 118 Å². The maximum atomic E-state index is 10.7. The molecule has 5 heteroatoms. The van der Waals surface area contributed by atoms with Crippen LogP contribution in [0.25, 0.3) is 11.1 Å². The first-order valence-electron chi connectivity index (χ1n) is 12.2. The lowest BCUT2D eigenvalue weighted by Crippen LogP contribution is -2.14. The Bertz CT molecular complexity index is 1240. The molecule has 0 fully saturated rings. The molecule has 0 amide bonds. The summed E-state index contributed by atoms with van der Waals surface area (Å²) in [4.78, 5) is 15.2. The number of nitrogens with one attached hydrogen (secondary N) is 2. The quantitative estimate of drug-likeness (QED) is 0.243. The van der Waals surface area contributed by atoms with Gasteiger partial charge in [0.05, 0.1) is 0 Å². The fourth-order valence-corrected chi connectivity index (χ4v) is 4.22. The van der Waals surface area contributed by atoms with Crippen LogP contribution in [-0.2, 0) is 6.54 Å². The van der Waals surface area contributed by atoms with Crippen molar-refractivity contribution in [1.82, 2.24) is 10.3 Å². The van der Waals surface area contributed by atoms with Gasteiger partial charge in [0.15, 0.2) is 0 Å². The maximum absolute atomic E-state index is 10.7. The van der Waals surface area contributed by atoms with Gasteiger partial charge >= 0.3 is 0 Å². The highest BCUT2D eigenvalue weighted by Crippen LogP contribution is 2.24. The van der Waals surface area contributed by atoms with Crippen molar-refractivity contribution >= 4 is 23.7 Å². The SMILES string of the molecule is CCC(NC)c1ccccc1.Cc1ccc(Cl)c(CNc2ccc(-c3ccc(C=O)cc3)cn2)c1C. The summed E-state index contributed by atoms with van der Waals surface area (Å²) >= 11 is 6.31. The number of benzene rings is 3. The molecule has 1 unspecified atom stereocenters. The van der Waals surface area contributed by atoms with Crippen LogP contribution in [0.15, 0.2) is 85.1 Å². The number of carbonyl (C=O) groups is 1. The lowest BCUT2D eigenvalue weighted by molar-refractivity contribution is 0.112. The Kier molecular flexibility index (Phi) is 10.2. The molecule has 0 aliphatic rings. The second-order valence-electron chi connectivity index (χ2n) is 8.65. The summed E-state index contributed by atoms with van der Waals surface area (Å²) in [6.45, 7) is 6.98. The largest absolute Gasteiger partial charge is 0.366 e. The number of hydrogen-bond acceptors (Lipinski definition) is 4. The van der Waals surface area contributed by atoms with Crippen LogP contribution in [-0.4, -0.2) is 18.3 Å². The van der Waals surface area contributed by atoms with Crippen molar-refractivity contribution in [2.45, 2.75) is 39.8 Å². The molecular weight excluding hydrogens is 466 g/mol. The van der Waals surface area contributed by atoms with E-state index < -0.39 is 0 Å². The van der Waals surface area contributed by atoms with Crippen molar-refractivity contribution in [3.8, 4) is 11.1 Å². The number of nitrogens with zero attached hydrogens (tertiary/aromatic N) is 1. The van der Waals surface area contributed by atoms with Gasteiger partial charge in [-0.3, -0.25) is 4.79 Å². The molecule has 0 spiro atoms. The number of aromatic nitrogens is 1. The molecule has 2 N–H and O–H groups in total. The molecule has 36 heavy (non-hydrogen) atoms. The van der Waals surface area contributed by atoms with Gasteiger partial charge in [-0.2, -0.15) is 0 Å². The van der Waals surface area contributed by atoms with Crippen molar-refractivity contribution in [2.24, 2.45) is 0 Å². The van der Waals surface area contributed by atoms with Gasteiger partial charge in [0.25, 0.3) is 0 Å². The highest BCUT2D eigenvalue weighted by molar-refractivity contribution is 6.31. The number of aldehydes is 1. The third-order valence-corrected chi connectivity index (χ3v) is 6.71. The van der Waals surface area contributed by atoms with Gasteiger partial charge in [-0.1, -0.05) is 79.2 Å². The minimum absolute atomic E-state index is 0.510. The van der Waals surface area contributed by atoms with E-state index in [-0.39, 0.29) is 0 Å². The molecule has 1 heterocycles. The molecule has 4 aromatic rings. The zero-order valence-corrected chi connectivity index (χ0v) is 22.1. The first-order chi connectivity index (χ1) is 17.5. The Morgan fingerprint density at radius 2 is 1.61 bits per heavy atom. The zero-order chi connectivity index (χ0) is 25.9. The third kappa shape index (κ3) is 7.27. The molecule has 0 bridgehead atoms. The Morgan fingerprint density at radius 3 is 2.19 bits per heavy atom. The van der Waals surface area contributed by atoms with E-state index >= 15 is 0 Å². The van der Waals surface area contributed by atoms with Gasteiger partial charge in [0.2, 0.25) is 0 Å². The summed E-state index contributed by atoms with van der Waals surface area (Å²) in [5, 5.41) is 7.36. The van der Waals surface area contributed by atoms with Crippen LogP contribution in [0.3, 0.4) is 0 Å². The van der Waals surface area contributed by atoms with Crippen LogP contribution in [0.1, 0.15) is 52.0 Å². The minimum atomic E-state index is 0.510. The second kappa shape index (κ2) is 13.6. The standard InChI is InChI=1S/C21H19ClN2O.C10H15N/c1-14-3-9-20(22)19(15(14)2)12-24-21-10-8-18(11-23-21)17-6-4-16(13-25)5-7-17;1-3-10(11-2)9-7-5-4-6-8-9/h3-11,13H,12H2,1-2H3,(H,23,24);4-8,10-11H,3H2,1-2H3. The molecule has 0 radical (unpaired) electrons. The minimum Gasteiger partial charge on any atom is -0.366 e. The molecule has 0 saturated carbocycles. The molecule has 1 aromatic heterocycles. The van der Waals surface area contributed by atoms with Crippen molar-refractivity contribution in [2.75, 3.05) is 12.4 Å². The maximum Gasteiger partial charge on any atom is 0.150 e. The van der Waals surface area contributed by atoms with E-state index in [1.807, 2.05) is 55.7 Å². The highest BCUT2D eigenvalue weighted by atomic mass is 35.5. The normalized spacial score (nSPS) is 11.2. The first kappa shape index (κ1) is 27.1. The average Bonchev–Trinajstić information content (AvgIpc) is 2.93.